The summed E-state index contributed by atoms with van der Waals surface area (Å²) in [6.07, 6.45) is 0. The molecule has 0 unspecified atom stereocenters. The number of nitrogens with one attached hydrogen (secondary N) is 1. The van der Waals surface area contributed by atoms with E-state index in [1.54, 1.807) is 6.07 Å². The van der Waals surface area contributed by atoms with Crippen molar-refractivity contribution in [2.45, 2.75) is 6.54 Å². The summed E-state index contributed by atoms with van der Waals surface area (Å²) >= 11 is 1.33. The number of nitrogens with zero attached hydrogens (tertiary/aromatic N) is 3. The van der Waals surface area contributed by atoms with Crippen molar-refractivity contribution in [2.75, 3.05) is 17.7 Å². The number of hydrogen-bond donors (Lipinski definition) is 2. The van der Waals surface area contributed by atoms with Gasteiger partial charge in [0.15, 0.2) is 0 Å². The van der Waals surface area contributed by atoms with Crippen LogP contribution < -0.4 is 10.6 Å². The van der Waals surface area contributed by atoms with Gasteiger partial charge in [-0.15, -0.1) is 10.2 Å². The lowest BCUT2D eigenvalue weighted by Gasteiger charge is -2.13. The van der Waals surface area contributed by atoms with Gasteiger partial charge in [0.1, 0.15) is 5.82 Å². The van der Waals surface area contributed by atoms with Gasteiger partial charge in [-0.05, 0) is 24.3 Å². The van der Waals surface area contributed by atoms with E-state index in [1.165, 1.54) is 23.5 Å². The number of anilines is 2. The number of H-pyrrole nitrogens is 1. The van der Waals surface area contributed by atoms with Crippen LogP contribution in [0.3, 0.4) is 0 Å². The summed E-state index contributed by atoms with van der Waals surface area (Å²) in [4.78, 5) is 5.19. The monoisotopic (exact) mass is 277 g/mol. The fourth-order valence-corrected chi connectivity index (χ4v) is 2.52. The molecule has 0 aliphatic carbocycles. The summed E-state index contributed by atoms with van der Waals surface area (Å²) in [5.41, 5.74) is 7.46. The lowest BCUT2D eigenvalue weighted by Crippen LogP contribution is -2.16. The molecule has 19 heavy (non-hydrogen) atoms. The number of hydrogen-bond acceptors (Lipinski definition) is 5. The van der Waals surface area contributed by atoms with Crippen molar-refractivity contribution >= 4 is 32.5 Å². The van der Waals surface area contributed by atoms with Crippen LogP contribution in [-0.4, -0.2) is 22.2 Å². The molecule has 0 saturated heterocycles. The van der Waals surface area contributed by atoms with Crippen LogP contribution >= 0.6 is 11.3 Å². The number of aromatic nitrogens is 3. The van der Waals surface area contributed by atoms with Gasteiger partial charge in [-0.1, -0.05) is 11.3 Å². The maximum atomic E-state index is 13.1. The minimum absolute atomic E-state index is 0.233. The summed E-state index contributed by atoms with van der Waals surface area (Å²) in [6.45, 7) is 0.630. The molecule has 0 spiro atoms. The number of nitrogens with two attached hydrogens (primary N) is 1. The van der Waals surface area contributed by atoms with Gasteiger partial charge in [0.25, 0.3) is 0 Å². The number of fused-ring (bicyclic) bond motifs is 1. The van der Waals surface area contributed by atoms with Crippen LogP contribution in [0.5, 0.6) is 0 Å². The lowest BCUT2D eigenvalue weighted by atomic mass is 10.2. The molecule has 0 aliphatic rings. The van der Waals surface area contributed by atoms with Crippen molar-refractivity contribution in [3.8, 4) is 0 Å². The van der Waals surface area contributed by atoms with Crippen molar-refractivity contribution < 1.29 is 4.39 Å². The third kappa shape index (κ3) is 2.37. The second kappa shape index (κ2) is 4.51. The Bertz CT molecular complexity index is 720. The number of benzene rings is 1. The Morgan fingerprint density at radius 1 is 1.37 bits per heavy atom. The first-order valence-corrected chi connectivity index (χ1v) is 6.51. The van der Waals surface area contributed by atoms with E-state index in [0.29, 0.717) is 11.7 Å². The number of nitrogen functional groups attached to an aromatic ring is 1. The fourth-order valence-electron chi connectivity index (χ4n) is 1.95. The molecular formula is C12H12FN5S. The molecule has 0 atom stereocenters. The zero-order valence-electron chi connectivity index (χ0n) is 10.2. The zero-order valence-corrected chi connectivity index (χ0v) is 11.0. The first kappa shape index (κ1) is 11.9. The van der Waals surface area contributed by atoms with Crippen LogP contribution in [0.2, 0.25) is 0 Å². The smallest absolute Gasteiger partial charge is 0.210 e. The highest BCUT2D eigenvalue weighted by molar-refractivity contribution is 7.18. The summed E-state index contributed by atoms with van der Waals surface area (Å²) < 4.78 is 13.1. The molecule has 0 amide bonds. The molecule has 1 aromatic carbocycles. The highest BCUT2D eigenvalue weighted by Gasteiger charge is 2.09. The molecular weight excluding hydrogens is 265 g/mol. The molecule has 5 nitrogen and oxygen atoms in total. The molecule has 3 rings (SSSR count). The minimum Gasteiger partial charge on any atom is -0.374 e. The van der Waals surface area contributed by atoms with E-state index in [0.717, 1.165) is 21.7 Å². The van der Waals surface area contributed by atoms with Crippen molar-refractivity contribution in [3.05, 3.63) is 35.8 Å². The first-order valence-electron chi connectivity index (χ1n) is 5.69. The van der Waals surface area contributed by atoms with Gasteiger partial charge in [0, 0.05) is 23.6 Å². The Morgan fingerprint density at radius 2 is 2.21 bits per heavy atom. The summed E-state index contributed by atoms with van der Waals surface area (Å²) in [6, 6.07) is 6.62. The van der Waals surface area contributed by atoms with E-state index in [1.807, 2.05) is 18.0 Å². The van der Waals surface area contributed by atoms with Crippen molar-refractivity contribution in [1.29, 1.82) is 0 Å². The van der Waals surface area contributed by atoms with Crippen LogP contribution in [0.1, 0.15) is 5.69 Å². The Labute approximate surface area is 112 Å². The highest BCUT2D eigenvalue weighted by atomic mass is 32.1. The van der Waals surface area contributed by atoms with Gasteiger partial charge in [0.05, 0.1) is 6.54 Å². The van der Waals surface area contributed by atoms with Gasteiger partial charge in [-0.25, -0.2) is 4.39 Å². The van der Waals surface area contributed by atoms with Gasteiger partial charge in [-0.3, -0.25) is 0 Å². The molecule has 2 heterocycles. The predicted molar refractivity (Wildman–Crippen MR) is 74.7 cm³/mol. The van der Waals surface area contributed by atoms with Gasteiger partial charge < -0.3 is 15.6 Å². The predicted octanol–water partition coefficient (Wildman–Crippen LogP) is 2.38. The third-order valence-corrected chi connectivity index (χ3v) is 3.67. The van der Waals surface area contributed by atoms with Crippen LogP contribution in [-0.2, 0) is 6.54 Å². The molecule has 0 saturated carbocycles. The van der Waals surface area contributed by atoms with Gasteiger partial charge >= 0.3 is 0 Å². The number of halogens is 1. The van der Waals surface area contributed by atoms with Crippen molar-refractivity contribution in [1.82, 2.24) is 15.2 Å². The summed E-state index contributed by atoms with van der Waals surface area (Å²) in [5, 5.41) is 9.81. The van der Waals surface area contributed by atoms with E-state index in [9.17, 15) is 4.39 Å². The zero-order chi connectivity index (χ0) is 13.4. The summed E-state index contributed by atoms with van der Waals surface area (Å²) in [7, 11) is 1.91. The Morgan fingerprint density at radius 3 is 2.95 bits per heavy atom. The minimum atomic E-state index is -0.233. The fraction of sp³-hybridized carbons (Fsp3) is 0.167. The molecule has 98 valence electrons. The molecule has 7 heteroatoms. The summed E-state index contributed by atoms with van der Waals surface area (Å²) in [5.74, 6) is -0.233. The molecule has 2 aromatic heterocycles. The van der Waals surface area contributed by atoms with Crippen LogP contribution in [0.4, 0.5) is 14.7 Å². The van der Waals surface area contributed by atoms with E-state index >= 15 is 0 Å². The standard InChI is InChI=1S/C12H12FN5S/c1-18(12-17-16-11(14)19-12)6-9-5-7-4-8(13)2-3-10(7)15-9/h2-5,15H,6H2,1H3,(H2,14,16). The average molecular weight is 277 g/mol. The van der Waals surface area contributed by atoms with Crippen molar-refractivity contribution in [3.63, 3.8) is 0 Å². The normalized spacial score (nSPS) is 11.1. The third-order valence-electron chi connectivity index (χ3n) is 2.80. The average Bonchev–Trinajstić information content (AvgIpc) is 2.94. The Balaban J connectivity index is 1.85. The first-order chi connectivity index (χ1) is 9.11. The molecule has 3 aromatic rings. The van der Waals surface area contributed by atoms with Crippen LogP contribution in [0, 0.1) is 5.82 Å². The maximum absolute atomic E-state index is 13.1. The Hall–Kier alpha value is -2.15. The van der Waals surface area contributed by atoms with Crippen LogP contribution in [0.25, 0.3) is 10.9 Å². The van der Waals surface area contributed by atoms with E-state index in [4.69, 9.17) is 5.73 Å². The van der Waals surface area contributed by atoms with Crippen LogP contribution in [0.15, 0.2) is 24.3 Å². The molecule has 0 aliphatic heterocycles. The lowest BCUT2D eigenvalue weighted by molar-refractivity contribution is 0.630. The van der Waals surface area contributed by atoms with E-state index < -0.39 is 0 Å². The SMILES string of the molecule is CN(Cc1cc2cc(F)ccc2[nH]1)c1nnc(N)s1. The molecule has 0 fully saturated rings. The van der Waals surface area contributed by atoms with E-state index in [2.05, 4.69) is 15.2 Å². The molecule has 3 N–H and O–H groups in total. The van der Waals surface area contributed by atoms with Gasteiger partial charge in [0.2, 0.25) is 10.3 Å². The maximum Gasteiger partial charge on any atom is 0.210 e. The molecule has 0 radical (unpaired) electrons. The highest BCUT2D eigenvalue weighted by Crippen LogP contribution is 2.23. The largest absolute Gasteiger partial charge is 0.374 e. The topological polar surface area (TPSA) is 70.8 Å². The second-order valence-electron chi connectivity index (χ2n) is 4.31. The molecule has 0 bridgehead atoms. The Kier molecular flexibility index (Phi) is 2.83. The second-order valence-corrected chi connectivity index (χ2v) is 5.29. The quantitative estimate of drug-likeness (QED) is 0.771. The van der Waals surface area contributed by atoms with Crippen molar-refractivity contribution in [2.24, 2.45) is 0 Å². The number of rotatable bonds is 3. The number of aromatic amines is 1. The van der Waals surface area contributed by atoms with Gasteiger partial charge in [-0.2, -0.15) is 0 Å². The van der Waals surface area contributed by atoms with E-state index in [-0.39, 0.29) is 5.82 Å².